The maximum Gasteiger partial charge on any atom is 0.341 e. The van der Waals surface area contributed by atoms with Crippen molar-refractivity contribution in [2.75, 3.05) is 0 Å². The fourth-order valence-electron chi connectivity index (χ4n) is 1.63. The van der Waals surface area contributed by atoms with Crippen molar-refractivity contribution in [2.45, 2.75) is 24.1 Å². The van der Waals surface area contributed by atoms with E-state index in [-0.39, 0.29) is 11.4 Å². The molecule has 0 unspecified atom stereocenters. The van der Waals surface area contributed by atoms with E-state index in [4.69, 9.17) is 4.42 Å². The number of amides is 1. The van der Waals surface area contributed by atoms with Crippen LogP contribution in [0.2, 0.25) is 0 Å². The summed E-state index contributed by atoms with van der Waals surface area (Å²) < 4.78 is 53.1. The fourth-order valence-corrected chi connectivity index (χ4v) is 3.72. The largest absolute Gasteiger partial charge is 0.469 e. The molecule has 9 heteroatoms. The van der Waals surface area contributed by atoms with Crippen LogP contribution >= 0.6 is 11.3 Å². The third kappa shape index (κ3) is 3.13. The smallest absolute Gasteiger partial charge is 0.341 e. The van der Waals surface area contributed by atoms with E-state index in [1.807, 2.05) is 0 Å². The number of hydrogen-bond donors (Lipinski definition) is 1. The number of hydrogen-bond acceptors (Lipinski definition) is 5. The molecule has 1 N–H and O–H groups in total. The van der Waals surface area contributed by atoms with Crippen molar-refractivity contribution in [3.63, 3.8) is 0 Å². The Morgan fingerprint density at radius 2 is 2.14 bits per heavy atom. The van der Waals surface area contributed by atoms with Gasteiger partial charge in [-0.1, -0.05) is 0 Å². The van der Waals surface area contributed by atoms with E-state index in [9.17, 15) is 22.0 Å². The first-order valence-electron chi connectivity index (χ1n) is 5.74. The van der Waals surface area contributed by atoms with Gasteiger partial charge in [0.2, 0.25) is 9.84 Å². The first-order chi connectivity index (χ1) is 9.84. The van der Waals surface area contributed by atoms with Crippen LogP contribution in [0.3, 0.4) is 0 Å². The zero-order valence-electron chi connectivity index (χ0n) is 10.8. The molecule has 21 heavy (non-hydrogen) atoms. The van der Waals surface area contributed by atoms with Crippen LogP contribution in [0.25, 0.3) is 0 Å². The summed E-state index contributed by atoms with van der Waals surface area (Å²) in [7, 11) is -4.79. The van der Waals surface area contributed by atoms with Crippen LogP contribution in [0.4, 0.5) is 8.78 Å². The molecule has 2 rings (SSSR count). The molecule has 0 atom stereocenters. The molecule has 1 amide bonds. The van der Waals surface area contributed by atoms with Gasteiger partial charge in [0.15, 0.2) is 0 Å². The third-order valence-corrected chi connectivity index (χ3v) is 5.25. The molecular formula is C12H11F2NO4S2. The summed E-state index contributed by atoms with van der Waals surface area (Å²) in [6.45, 7) is 1.83. The second kappa shape index (κ2) is 5.94. The Morgan fingerprint density at radius 3 is 2.71 bits per heavy atom. The molecule has 0 radical (unpaired) electrons. The van der Waals surface area contributed by atoms with E-state index in [1.165, 1.54) is 11.6 Å². The van der Waals surface area contributed by atoms with Gasteiger partial charge >= 0.3 is 5.76 Å². The zero-order valence-corrected chi connectivity index (χ0v) is 12.4. The van der Waals surface area contributed by atoms with E-state index in [1.54, 1.807) is 13.0 Å². The van der Waals surface area contributed by atoms with Gasteiger partial charge in [0.05, 0.1) is 11.2 Å². The van der Waals surface area contributed by atoms with Gasteiger partial charge < -0.3 is 9.73 Å². The number of carbonyl (C=O) groups excluding carboxylic acids is 1. The van der Waals surface area contributed by atoms with E-state index < -0.39 is 26.4 Å². The number of aryl methyl sites for hydroxylation is 1. The SMILES string of the molecule is Cc1occc1CNC(=O)c1sccc1S(=O)(=O)C(F)F. The van der Waals surface area contributed by atoms with Crippen LogP contribution in [0.1, 0.15) is 21.0 Å². The van der Waals surface area contributed by atoms with Gasteiger partial charge in [0.1, 0.15) is 10.6 Å². The second-order valence-corrected chi connectivity index (χ2v) is 6.91. The Balaban J connectivity index is 2.18. The van der Waals surface area contributed by atoms with Gasteiger partial charge in [-0.25, -0.2) is 8.42 Å². The molecule has 0 saturated heterocycles. The molecule has 2 aromatic rings. The number of nitrogens with one attached hydrogen (secondary N) is 1. The number of alkyl halides is 2. The molecule has 0 aliphatic heterocycles. The van der Waals surface area contributed by atoms with E-state index >= 15 is 0 Å². The predicted molar refractivity (Wildman–Crippen MR) is 72.1 cm³/mol. The summed E-state index contributed by atoms with van der Waals surface area (Å²) in [5.41, 5.74) is 0.721. The molecule has 0 saturated carbocycles. The molecule has 0 aromatic carbocycles. The number of sulfone groups is 1. The predicted octanol–water partition coefficient (Wildman–Crippen LogP) is 2.58. The van der Waals surface area contributed by atoms with Gasteiger partial charge in [0, 0.05) is 12.1 Å². The minimum absolute atomic E-state index is 0.118. The number of thiophene rings is 1. The monoisotopic (exact) mass is 335 g/mol. The molecule has 0 spiro atoms. The summed E-state index contributed by atoms with van der Waals surface area (Å²) in [6.07, 6.45) is 1.45. The van der Waals surface area contributed by atoms with Crippen LogP contribution in [-0.2, 0) is 16.4 Å². The van der Waals surface area contributed by atoms with Crippen molar-refractivity contribution >= 4 is 27.1 Å². The number of furan rings is 1. The lowest BCUT2D eigenvalue weighted by Gasteiger charge is -2.06. The highest BCUT2D eigenvalue weighted by atomic mass is 32.2. The highest BCUT2D eigenvalue weighted by molar-refractivity contribution is 7.92. The number of halogens is 2. The summed E-state index contributed by atoms with van der Waals surface area (Å²) in [6, 6.07) is 2.66. The van der Waals surface area contributed by atoms with E-state index in [2.05, 4.69) is 5.32 Å². The molecule has 2 heterocycles. The third-order valence-electron chi connectivity index (χ3n) is 2.78. The molecule has 0 bridgehead atoms. The van der Waals surface area contributed by atoms with Crippen molar-refractivity contribution in [3.05, 3.63) is 40.0 Å². The Hall–Kier alpha value is -1.74. The van der Waals surface area contributed by atoms with E-state index in [0.29, 0.717) is 5.76 Å². The summed E-state index contributed by atoms with van der Waals surface area (Å²) in [5, 5.41) is 3.77. The Morgan fingerprint density at radius 1 is 1.43 bits per heavy atom. The molecule has 0 aliphatic carbocycles. The average molecular weight is 335 g/mol. The van der Waals surface area contributed by atoms with Crippen molar-refractivity contribution in [3.8, 4) is 0 Å². The zero-order chi connectivity index (χ0) is 15.6. The number of rotatable bonds is 5. The standard InChI is InChI=1S/C12H11F2NO4S2/c1-7-8(2-4-19-7)6-15-11(16)10-9(3-5-20-10)21(17,18)12(13)14/h2-5,12H,6H2,1H3,(H,15,16). The molecule has 0 aliphatic rings. The first kappa shape index (κ1) is 15.6. The quantitative estimate of drug-likeness (QED) is 0.911. The number of carbonyl (C=O) groups is 1. The summed E-state index contributed by atoms with van der Waals surface area (Å²) in [4.78, 5) is 11.1. The van der Waals surface area contributed by atoms with Gasteiger partial charge in [-0.05, 0) is 24.4 Å². The molecule has 114 valence electrons. The Labute approximate surface area is 123 Å². The maximum atomic E-state index is 12.6. The lowest BCUT2D eigenvalue weighted by molar-refractivity contribution is 0.0952. The highest BCUT2D eigenvalue weighted by Crippen LogP contribution is 2.26. The van der Waals surface area contributed by atoms with Crippen LogP contribution in [0.15, 0.2) is 33.1 Å². The average Bonchev–Trinajstić information content (AvgIpc) is 3.04. The van der Waals surface area contributed by atoms with Gasteiger partial charge in [-0.3, -0.25) is 4.79 Å². The molecular weight excluding hydrogens is 324 g/mol. The summed E-state index contributed by atoms with van der Waals surface area (Å²) in [5.74, 6) is -3.67. The minimum Gasteiger partial charge on any atom is -0.469 e. The van der Waals surface area contributed by atoms with Gasteiger partial charge in [-0.15, -0.1) is 11.3 Å². The Kier molecular flexibility index (Phi) is 4.43. The normalized spacial score (nSPS) is 11.8. The van der Waals surface area contributed by atoms with Crippen molar-refractivity contribution in [2.24, 2.45) is 0 Å². The van der Waals surface area contributed by atoms with Crippen molar-refractivity contribution < 1.29 is 26.4 Å². The van der Waals surface area contributed by atoms with Gasteiger partial charge in [0.25, 0.3) is 5.91 Å². The minimum atomic E-state index is -4.79. The lowest BCUT2D eigenvalue weighted by atomic mass is 10.2. The second-order valence-electron chi connectivity index (χ2n) is 4.10. The highest BCUT2D eigenvalue weighted by Gasteiger charge is 2.32. The molecule has 0 fully saturated rings. The molecule has 2 aromatic heterocycles. The molecule has 5 nitrogen and oxygen atoms in total. The van der Waals surface area contributed by atoms with Crippen molar-refractivity contribution in [1.82, 2.24) is 5.32 Å². The van der Waals surface area contributed by atoms with Gasteiger partial charge in [-0.2, -0.15) is 8.78 Å². The van der Waals surface area contributed by atoms with Crippen LogP contribution < -0.4 is 5.32 Å². The first-order valence-corrected chi connectivity index (χ1v) is 8.17. The Bertz CT molecular complexity index is 749. The maximum absolute atomic E-state index is 12.6. The van der Waals surface area contributed by atoms with Crippen LogP contribution in [0, 0.1) is 6.92 Å². The summed E-state index contributed by atoms with van der Waals surface area (Å²) >= 11 is 0.795. The van der Waals surface area contributed by atoms with Crippen LogP contribution in [-0.4, -0.2) is 20.1 Å². The fraction of sp³-hybridized carbons (Fsp3) is 0.250. The lowest BCUT2D eigenvalue weighted by Crippen LogP contribution is -2.24. The van der Waals surface area contributed by atoms with E-state index in [0.717, 1.165) is 23.0 Å². The topological polar surface area (TPSA) is 76.4 Å². The van der Waals surface area contributed by atoms with Crippen LogP contribution in [0.5, 0.6) is 0 Å². The van der Waals surface area contributed by atoms with Crippen molar-refractivity contribution in [1.29, 1.82) is 0 Å².